The zero-order valence-corrected chi connectivity index (χ0v) is 13.6. The third-order valence-electron chi connectivity index (χ3n) is 4.93. The van der Waals surface area contributed by atoms with Crippen LogP contribution in [0.1, 0.15) is 25.7 Å². The largest absolute Gasteiger partial charge is 0.334 e. The molecule has 126 valence electrons. The van der Waals surface area contributed by atoms with E-state index in [-0.39, 0.29) is 12.1 Å². The smallest absolute Gasteiger partial charge is 0.319 e. The summed E-state index contributed by atoms with van der Waals surface area (Å²) < 4.78 is 1.65. The van der Waals surface area contributed by atoms with Crippen molar-refractivity contribution in [3.05, 3.63) is 36.8 Å². The van der Waals surface area contributed by atoms with Crippen LogP contribution in [-0.4, -0.2) is 50.9 Å². The van der Waals surface area contributed by atoms with Crippen LogP contribution in [0, 0.1) is 0 Å². The number of nitrogens with one attached hydrogen (secondary N) is 2. The SMILES string of the molecule is O=C(Nc1cccnc1-n1cccn1)N[C@@H]1CCN2CCCC[C@@H]12. The van der Waals surface area contributed by atoms with Gasteiger partial charge in [-0.15, -0.1) is 0 Å². The van der Waals surface area contributed by atoms with E-state index in [4.69, 9.17) is 0 Å². The lowest BCUT2D eigenvalue weighted by molar-refractivity contribution is 0.180. The fourth-order valence-electron chi connectivity index (χ4n) is 3.81. The fourth-order valence-corrected chi connectivity index (χ4v) is 3.81. The van der Waals surface area contributed by atoms with Crippen molar-refractivity contribution in [3.8, 4) is 5.82 Å². The summed E-state index contributed by atoms with van der Waals surface area (Å²) in [6, 6.07) is 6.02. The van der Waals surface area contributed by atoms with Crippen molar-refractivity contribution in [2.75, 3.05) is 18.4 Å². The molecular weight excluding hydrogens is 304 g/mol. The molecule has 0 spiro atoms. The van der Waals surface area contributed by atoms with Gasteiger partial charge in [-0.25, -0.2) is 14.5 Å². The van der Waals surface area contributed by atoms with Crippen LogP contribution in [0.25, 0.3) is 5.82 Å². The number of pyridine rings is 1. The average molecular weight is 326 g/mol. The van der Waals surface area contributed by atoms with Gasteiger partial charge in [-0.2, -0.15) is 5.10 Å². The number of hydrogen-bond donors (Lipinski definition) is 2. The molecule has 0 aliphatic carbocycles. The molecule has 2 atom stereocenters. The summed E-state index contributed by atoms with van der Waals surface area (Å²) in [5, 5.41) is 10.3. The minimum Gasteiger partial charge on any atom is -0.334 e. The highest BCUT2D eigenvalue weighted by atomic mass is 16.2. The number of aromatic nitrogens is 3. The van der Waals surface area contributed by atoms with Gasteiger partial charge >= 0.3 is 6.03 Å². The van der Waals surface area contributed by atoms with Crippen LogP contribution >= 0.6 is 0 Å². The molecule has 2 aromatic heterocycles. The van der Waals surface area contributed by atoms with Crippen molar-refractivity contribution in [2.45, 2.75) is 37.8 Å². The van der Waals surface area contributed by atoms with Gasteiger partial charge in [0.25, 0.3) is 0 Å². The number of amides is 2. The van der Waals surface area contributed by atoms with Gasteiger partial charge in [-0.1, -0.05) is 6.42 Å². The number of nitrogens with zero attached hydrogens (tertiary/aromatic N) is 4. The minimum absolute atomic E-state index is 0.172. The first-order valence-corrected chi connectivity index (χ1v) is 8.58. The van der Waals surface area contributed by atoms with Gasteiger partial charge in [-0.05, 0) is 44.0 Å². The summed E-state index contributed by atoms with van der Waals surface area (Å²) in [5.41, 5.74) is 0.650. The van der Waals surface area contributed by atoms with E-state index in [1.54, 1.807) is 23.1 Å². The molecule has 2 N–H and O–H groups in total. The van der Waals surface area contributed by atoms with Crippen molar-refractivity contribution in [3.63, 3.8) is 0 Å². The number of hydrogen-bond acceptors (Lipinski definition) is 4. The first-order valence-electron chi connectivity index (χ1n) is 8.58. The quantitative estimate of drug-likeness (QED) is 0.905. The molecular formula is C17H22N6O. The summed E-state index contributed by atoms with van der Waals surface area (Å²) in [7, 11) is 0. The van der Waals surface area contributed by atoms with Gasteiger partial charge in [0.1, 0.15) is 0 Å². The van der Waals surface area contributed by atoms with Gasteiger partial charge in [-0.3, -0.25) is 4.90 Å². The average Bonchev–Trinajstić information content (AvgIpc) is 3.26. The highest BCUT2D eigenvalue weighted by Crippen LogP contribution is 2.27. The number of urea groups is 1. The molecule has 4 heterocycles. The van der Waals surface area contributed by atoms with Crippen molar-refractivity contribution >= 4 is 11.7 Å². The van der Waals surface area contributed by atoms with E-state index >= 15 is 0 Å². The molecule has 2 fully saturated rings. The molecule has 2 aliphatic rings. The van der Waals surface area contributed by atoms with Crippen LogP contribution in [0.15, 0.2) is 36.8 Å². The maximum absolute atomic E-state index is 12.5. The summed E-state index contributed by atoms with van der Waals surface area (Å²) in [5.74, 6) is 0.614. The molecule has 2 aliphatic heterocycles. The number of carbonyl (C=O) groups excluding carboxylic acids is 1. The number of rotatable bonds is 3. The zero-order valence-electron chi connectivity index (χ0n) is 13.6. The van der Waals surface area contributed by atoms with E-state index < -0.39 is 0 Å². The third kappa shape index (κ3) is 2.99. The molecule has 2 saturated heterocycles. The van der Waals surface area contributed by atoms with Gasteiger partial charge in [0, 0.05) is 37.2 Å². The van der Waals surface area contributed by atoms with Crippen LogP contribution in [0.5, 0.6) is 0 Å². The van der Waals surface area contributed by atoms with E-state index in [9.17, 15) is 4.79 Å². The second-order valence-corrected chi connectivity index (χ2v) is 6.42. The molecule has 0 saturated carbocycles. The fraction of sp³-hybridized carbons (Fsp3) is 0.471. The molecule has 4 rings (SSSR count). The predicted octanol–water partition coefficient (Wildman–Crippen LogP) is 2.02. The molecule has 0 bridgehead atoms. The second-order valence-electron chi connectivity index (χ2n) is 6.42. The van der Waals surface area contributed by atoms with Crippen molar-refractivity contribution in [1.82, 2.24) is 25.0 Å². The highest BCUT2D eigenvalue weighted by Gasteiger charge is 2.36. The standard InChI is InChI=1S/C17H22N6O/c24-17(20-13-7-12-22-10-2-1-6-15(13)22)21-14-5-3-8-18-16(14)23-11-4-9-19-23/h3-5,8-9,11,13,15H,1-2,6-7,10,12H2,(H2,20,21,24)/t13-,15+/m1/s1. The molecule has 2 amide bonds. The van der Waals surface area contributed by atoms with Crippen LogP contribution in [0.3, 0.4) is 0 Å². The van der Waals surface area contributed by atoms with E-state index in [0.29, 0.717) is 17.5 Å². The van der Waals surface area contributed by atoms with Gasteiger partial charge in [0.2, 0.25) is 0 Å². The summed E-state index contributed by atoms with van der Waals surface area (Å²) in [4.78, 5) is 19.3. The summed E-state index contributed by atoms with van der Waals surface area (Å²) >= 11 is 0. The molecule has 0 aromatic carbocycles. The van der Waals surface area contributed by atoms with Crippen molar-refractivity contribution < 1.29 is 4.79 Å². The maximum Gasteiger partial charge on any atom is 0.319 e. The Labute approximate surface area is 141 Å². The Morgan fingerprint density at radius 1 is 1.17 bits per heavy atom. The van der Waals surface area contributed by atoms with Crippen LogP contribution < -0.4 is 10.6 Å². The Morgan fingerprint density at radius 2 is 2.12 bits per heavy atom. The molecule has 24 heavy (non-hydrogen) atoms. The number of carbonyl (C=O) groups is 1. The highest BCUT2D eigenvalue weighted by molar-refractivity contribution is 5.91. The van der Waals surface area contributed by atoms with Gasteiger partial charge in [0.15, 0.2) is 5.82 Å². The Balaban J connectivity index is 1.44. The summed E-state index contributed by atoms with van der Waals surface area (Å²) in [6.07, 6.45) is 9.92. The normalized spacial score (nSPS) is 23.7. The first-order chi connectivity index (χ1) is 11.8. The molecule has 2 aromatic rings. The monoisotopic (exact) mass is 326 g/mol. The van der Waals surface area contributed by atoms with Crippen LogP contribution in [-0.2, 0) is 0 Å². The second kappa shape index (κ2) is 6.60. The van der Waals surface area contributed by atoms with Crippen LogP contribution in [0.2, 0.25) is 0 Å². The van der Waals surface area contributed by atoms with E-state index in [1.807, 2.05) is 18.3 Å². The topological polar surface area (TPSA) is 75.1 Å². The Kier molecular flexibility index (Phi) is 4.17. The number of fused-ring (bicyclic) bond motifs is 1. The van der Waals surface area contributed by atoms with E-state index in [2.05, 4.69) is 25.6 Å². The third-order valence-corrected chi connectivity index (χ3v) is 4.93. The number of anilines is 1. The van der Waals surface area contributed by atoms with Crippen LogP contribution in [0.4, 0.5) is 10.5 Å². The summed E-state index contributed by atoms with van der Waals surface area (Å²) in [6.45, 7) is 2.25. The molecule has 7 nitrogen and oxygen atoms in total. The van der Waals surface area contributed by atoms with E-state index in [0.717, 1.165) is 19.5 Å². The Hall–Kier alpha value is -2.41. The van der Waals surface area contributed by atoms with Gasteiger partial charge < -0.3 is 10.6 Å². The Bertz CT molecular complexity index is 701. The van der Waals surface area contributed by atoms with Crippen molar-refractivity contribution in [2.24, 2.45) is 0 Å². The predicted molar refractivity (Wildman–Crippen MR) is 91.1 cm³/mol. The lowest BCUT2D eigenvalue weighted by atomic mass is 9.99. The maximum atomic E-state index is 12.5. The zero-order chi connectivity index (χ0) is 16.4. The molecule has 0 unspecified atom stereocenters. The number of piperidine rings is 1. The van der Waals surface area contributed by atoms with E-state index in [1.165, 1.54) is 19.3 Å². The first kappa shape index (κ1) is 15.1. The minimum atomic E-state index is -0.172. The van der Waals surface area contributed by atoms with Gasteiger partial charge in [0.05, 0.1) is 5.69 Å². The van der Waals surface area contributed by atoms with Crippen molar-refractivity contribution in [1.29, 1.82) is 0 Å². The molecule has 0 radical (unpaired) electrons. The molecule has 7 heteroatoms. The lowest BCUT2D eigenvalue weighted by Gasteiger charge is -2.32. The lowest BCUT2D eigenvalue weighted by Crippen LogP contribution is -2.48. The Morgan fingerprint density at radius 3 is 3.00 bits per heavy atom.